The second kappa shape index (κ2) is 9.80. The number of halogens is 1. The van der Waals surface area contributed by atoms with Gasteiger partial charge in [0.1, 0.15) is 18.2 Å². The number of nitrogens with one attached hydrogen (secondary N) is 2. The van der Waals surface area contributed by atoms with Gasteiger partial charge in [0, 0.05) is 5.56 Å². The molecule has 0 heterocycles. The molecule has 2 amide bonds. The average molecular weight is 391 g/mol. The Hall–Kier alpha value is -4.00. The zero-order valence-corrected chi connectivity index (χ0v) is 15.3. The Balaban J connectivity index is 1.58. The third kappa shape index (κ3) is 5.74. The van der Waals surface area contributed by atoms with Gasteiger partial charge in [0.15, 0.2) is 0 Å². The number of hydrogen-bond acceptors (Lipinski definition) is 4. The molecule has 0 saturated heterocycles. The zero-order chi connectivity index (χ0) is 20.5. The van der Waals surface area contributed by atoms with Gasteiger partial charge in [0.05, 0.1) is 11.9 Å². The molecule has 0 fully saturated rings. The molecule has 6 nitrogen and oxygen atoms in total. The van der Waals surface area contributed by atoms with E-state index in [0.717, 1.165) is 5.56 Å². The first-order chi connectivity index (χ1) is 14.1. The van der Waals surface area contributed by atoms with Crippen LogP contribution in [0.3, 0.4) is 0 Å². The second-order valence-electron chi connectivity index (χ2n) is 5.95. The Morgan fingerprint density at radius 3 is 2.38 bits per heavy atom. The first kappa shape index (κ1) is 19.8. The molecule has 3 rings (SSSR count). The van der Waals surface area contributed by atoms with Crippen LogP contribution in [-0.2, 0) is 16.2 Å². The summed E-state index contributed by atoms with van der Waals surface area (Å²) < 4.78 is 19.3. The maximum Gasteiger partial charge on any atom is 0.329 e. The molecule has 0 atom stereocenters. The van der Waals surface area contributed by atoms with E-state index in [4.69, 9.17) is 4.74 Å². The van der Waals surface area contributed by atoms with Crippen LogP contribution < -0.4 is 15.5 Å². The Kier molecular flexibility index (Phi) is 6.67. The Morgan fingerprint density at radius 2 is 1.59 bits per heavy atom. The molecule has 0 aliphatic rings. The van der Waals surface area contributed by atoms with Crippen molar-refractivity contribution in [3.8, 4) is 5.75 Å². The summed E-state index contributed by atoms with van der Waals surface area (Å²) in [4.78, 5) is 23.7. The molecule has 0 aromatic heterocycles. The Labute approximate surface area is 167 Å². The maximum absolute atomic E-state index is 13.5. The number of ether oxygens (including phenoxy) is 1. The molecule has 0 saturated carbocycles. The van der Waals surface area contributed by atoms with Crippen LogP contribution in [-0.4, -0.2) is 18.0 Å². The van der Waals surface area contributed by atoms with Gasteiger partial charge in [-0.25, -0.2) is 9.82 Å². The van der Waals surface area contributed by atoms with Gasteiger partial charge < -0.3 is 10.1 Å². The van der Waals surface area contributed by atoms with E-state index in [-0.39, 0.29) is 5.69 Å². The molecule has 0 unspecified atom stereocenters. The van der Waals surface area contributed by atoms with E-state index in [1.807, 2.05) is 36.4 Å². The van der Waals surface area contributed by atoms with Crippen LogP contribution in [0.1, 0.15) is 11.1 Å². The first-order valence-corrected chi connectivity index (χ1v) is 8.78. The highest BCUT2D eigenvalue weighted by Crippen LogP contribution is 2.17. The van der Waals surface area contributed by atoms with Crippen molar-refractivity contribution in [2.75, 3.05) is 5.32 Å². The molecule has 29 heavy (non-hydrogen) atoms. The molecule has 3 aromatic rings. The highest BCUT2D eigenvalue weighted by molar-refractivity contribution is 6.39. The molecular weight excluding hydrogens is 373 g/mol. The van der Waals surface area contributed by atoms with Crippen molar-refractivity contribution in [2.24, 2.45) is 5.10 Å². The highest BCUT2D eigenvalue weighted by Gasteiger charge is 2.14. The fraction of sp³-hybridized carbons (Fsp3) is 0.0455. The predicted octanol–water partition coefficient (Wildman–Crippen LogP) is 3.49. The largest absolute Gasteiger partial charge is 0.488 e. The van der Waals surface area contributed by atoms with Crippen molar-refractivity contribution in [3.63, 3.8) is 0 Å². The number of hydrogen-bond donors (Lipinski definition) is 2. The number of nitrogens with zero attached hydrogens (tertiary/aromatic N) is 1. The lowest BCUT2D eigenvalue weighted by molar-refractivity contribution is -0.136. The zero-order valence-electron chi connectivity index (χ0n) is 15.3. The summed E-state index contributed by atoms with van der Waals surface area (Å²) in [5.74, 6) is -2.11. The van der Waals surface area contributed by atoms with E-state index in [1.54, 1.807) is 24.3 Å². The summed E-state index contributed by atoms with van der Waals surface area (Å²) in [7, 11) is 0. The van der Waals surface area contributed by atoms with Gasteiger partial charge in [-0.2, -0.15) is 5.10 Å². The number of carbonyl (C=O) groups excluding carboxylic acids is 2. The first-order valence-electron chi connectivity index (χ1n) is 8.78. The van der Waals surface area contributed by atoms with E-state index >= 15 is 0 Å². The number of para-hydroxylation sites is 2. The minimum Gasteiger partial charge on any atom is -0.488 e. The van der Waals surface area contributed by atoms with Gasteiger partial charge in [0.2, 0.25) is 0 Å². The molecular formula is C22H18FN3O3. The quantitative estimate of drug-likeness (QED) is 0.383. The molecule has 3 aromatic carbocycles. The van der Waals surface area contributed by atoms with Crippen LogP contribution >= 0.6 is 0 Å². The number of rotatable bonds is 6. The normalized spacial score (nSPS) is 10.5. The van der Waals surface area contributed by atoms with Crippen molar-refractivity contribution >= 4 is 23.7 Å². The van der Waals surface area contributed by atoms with Crippen molar-refractivity contribution in [2.45, 2.75) is 6.61 Å². The number of amides is 2. The Morgan fingerprint density at radius 1 is 0.897 bits per heavy atom. The highest BCUT2D eigenvalue weighted by atomic mass is 19.1. The van der Waals surface area contributed by atoms with Crippen LogP contribution in [0.2, 0.25) is 0 Å². The lowest BCUT2D eigenvalue weighted by Gasteiger charge is -2.09. The molecule has 0 aliphatic carbocycles. The van der Waals surface area contributed by atoms with Crippen LogP contribution in [0.4, 0.5) is 10.1 Å². The summed E-state index contributed by atoms with van der Waals surface area (Å²) in [5.41, 5.74) is 3.66. The molecule has 7 heteroatoms. The predicted molar refractivity (Wildman–Crippen MR) is 108 cm³/mol. The summed E-state index contributed by atoms with van der Waals surface area (Å²) in [6.45, 7) is 0.378. The van der Waals surface area contributed by atoms with Crippen molar-refractivity contribution in [3.05, 3.63) is 95.8 Å². The van der Waals surface area contributed by atoms with Crippen LogP contribution in [0, 0.1) is 5.82 Å². The van der Waals surface area contributed by atoms with Crippen LogP contribution in [0.25, 0.3) is 0 Å². The summed E-state index contributed by atoms with van der Waals surface area (Å²) >= 11 is 0. The van der Waals surface area contributed by atoms with E-state index in [0.29, 0.717) is 17.9 Å². The van der Waals surface area contributed by atoms with Crippen molar-refractivity contribution in [1.82, 2.24) is 5.43 Å². The molecule has 0 aliphatic heterocycles. The summed E-state index contributed by atoms with van der Waals surface area (Å²) in [5, 5.41) is 5.97. The topological polar surface area (TPSA) is 79.8 Å². The van der Waals surface area contributed by atoms with E-state index in [2.05, 4.69) is 15.8 Å². The van der Waals surface area contributed by atoms with E-state index < -0.39 is 17.6 Å². The van der Waals surface area contributed by atoms with Crippen LogP contribution in [0.5, 0.6) is 5.75 Å². The van der Waals surface area contributed by atoms with Crippen molar-refractivity contribution in [1.29, 1.82) is 0 Å². The summed E-state index contributed by atoms with van der Waals surface area (Å²) in [6.07, 6.45) is 1.37. The third-order valence-electron chi connectivity index (χ3n) is 3.85. The smallest absolute Gasteiger partial charge is 0.329 e. The molecule has 2 N–H and O–H groups in total. The van der Waals surface area contributed by atoms with Crippen molar-refractivity contribution < 1.29 is 18.7 Å². The number of carbonyl (C=O) groups is 2. The Bertz CT molecular complexity index is 1020. The van der Waals surface area contributed by atoms with Crippen LogP contribution in [0.15, 0.2) is 84.0 Å². The van der Waals surface area contributed by atoms with Gasteiger partial charge in [-0.3, -0.25) is 9.59 Å². The SMILES string of the molecule is O=C(N/N=C/c1ccccc1OCc1ccccc1)C(=O)Nc1ccccc1F. The van der Waals surface area contributed by atoms with Gasteiger partial charge in [-0.15, -0.1) is 0 Å². The maximum atomic E-state index is 13.5. The molecule has 0 bridgehead atoms. The molecule has 146 valence electrons. The number of benzene rings is 3. The fourth-order valence-electron chi connectivity index (χ4n) is 2.41. The van der Waals surface area contributed by atoms with Gasteiger partial charge >= 0.3 is 11.8 Å². The van der Waals surface area contributed by atoms with E-state index in [9.17, 15) is 14.0 Å². The van der Waals surface area contributed by atoms with E-state index in [1.165, 1.54) is 24.4 Å². The molecule has 0 spiro atoms. The average Bonchev–Trinajstić information content (AvgIpc) is 2.75. The fourth-order valence-corrected chi connectivity index (χ4v) is 2.41. The number of hydrazone groups is 1. The second-order valence-corrected chi connectivity index (χ2v) is 5.95. The molecule has 0 radical (unpaired) electrons. The minimum atomic E-state index is -1.03. The van der Waals surface area contributed by atoms with Gasteiger partial charge in [-0.05, 0) is 29.8 Å². The lowest BCUT2D eigenvalue weighted by Crippen LogP contribution is -2.32. The van der Waals surface area contributed by atoms with Gasteiger partial charge in [0.25, 0.3) is 0 Å². The number of anilines is 1. The third-order valence-corrected chi connectivity index (χ3v) is 3.85. The minimum absolute atomic E-state index is 0.0868. The van der Waals surface area contributed by atoms with Gasteiger partial charge in [-0.1, -0.05) is 54.6 Å². The standard InChI is InChI=1S/C22H18FN3O3/c23-18-11-5-6-12-19(18)25-21(27)22(28)26-24-14-17-10-4-7-13-20(17)29-15-16-8-2-1-3-9-16/h1-14H,15H2,(H,25,27)(H,26,28)/b24-14+. The summed E-state index contributed by atoms with van der Waals surface area (Å²) in [6, 6.07) is 22.4. The lowest BCUT2D eigenvalue weighted by atomic mass is 10.2. The monoisotopic (exact) mass is 391 g/mol.